The number of aryl methyl sites for hydroxylation is 1. The lowest BCUT2D eigenvalue weighted by atomic mass is 10.00. The van der Waals surface area contributed by atoms with Crippen molar-refractivity contribution in [1.29, 1.82) is 0 Å². The lowest BCUT2D eigenvalue weighted by Gasteiger charge is -2.42. The molecule has 102 valence electrons. The summed E-state index contributed by atoms with van der Waals surface area (Å²) in [6.07, 6.45) is 3.81. The Balaban J connectivity index is 2.15. The third-order valence-corrected chi connectivity index (χ3v) is 4.19. The van der Waals surface area contributed by atoms with Crippen LogP contribution >= 0.6 is 0 Å². The highest BCUT2D eigenvalue weighted by atomic mass is 15.6. The van der Waals surface area contributed by atoms with Gasteiger partial charge in [0.2, 0.25) is 0 Å². The Labute approximate surface area is 114 Å². The molecule has 0 radical (unpaired) electrons. The lowest BCUT2D eigenvalue weighted by Crippen LogP contribution is -2.51. The summed E-state index contributed by atoms with van der Waals surface area (Å²) in [4.78, 5) is 4.66. The number of nitrogens with zero attached hydrogens (tertiary/aromatic N) is 3. The van der Waals surface area contributed by atoms with Crippen molar-refractivity contribution < 1.29 is 0 Å². The van der Waals surface area contributed by atoms with Crippen molar-refractivity contribution in [3.05, 3.63) is 24.0 Å². The number of fused-ring (bicyclic) bond motifs is 1. The number of hydrogen-bond donors (Lipinski definition) is 1. The van der Waals surface area contributed by atoms with E-state index in [4.69, 9.17) is 5.73 Å². The molecule has 0 aliphatic carbocycles. The van der Waals surface area contributed by atoms with E-state index in [0.29, 0.717) is 12.1 Å². The van der Waals surface area contributed by atoms with Gasteiger partial charge in [0.15, 0.2) is 0 Å². The maximum atomic E-state index is 5.85. The van der Waals surface area contributed by atoms with E-state index in [-0.39, 0.29) is 0 Å². The summed E-state index contributed by atoms with van der Waals surface area (Å²) < 4.78 is 2.28. The van der Waals surface area contributed by atoms with E-state index in [9.17, 15) is 0 Å². The van der Waals surface area contributed by atoms with Gasteiger partial charge in [0.25, 0.3) is 0 Å². The smallest absolute Gasteiger partial charge is 0.125 e. The molecule has 0 bridgehead atoms. The van der Waals surface area contributed by atoms with Gasteiger partial charge in [-0.05, 0) is 58.2 Å². The van der Waals surface area contributed by atoms with E-state index in [0.717, 1.165) is 22.5 Å². The number of hydrogen-bond acceptors (Lipinski definition) is 3. The molecule has 1 saturated heterocycles. The zero-order valence-corrected chi connectivity index (χ0v) is 11.9. The highest BCUT2D eigenvalue weighted by molar-refractivity contribution is 5.80. The topological polar surface area (TPSA) is 47.1 Å². The molecule has 2 aromatic rings. The number of imidazole rings is 1. The molecule has 19 heavy (non-hydrogen) atoms. The van der Waals surface area contributed by atoms with Crippen LogP contribution in [0.5, 0.6) is 0 Å². The standard InChI is InChI=1S/C15H22N4/c1-10-5-4-6-11(2)18(10)19-12(3)17-14-9-13(16)7-8-15(14)19/h7-11H,4-6,16H2,1-3H3. The molecule has 1 fully saturated rings. The molecule has 3 rings (SSSR count). The molecular weight excluding hydrogens is 236 g/mol. The van der Waals surface area contributed by atoms with Gasteiger partial charge in [0, 0.05) is 17.8 Å². The van der Waals surface area contributed by atoms with Crippen molar-refractivity contribution in [1.82, 2.24) is 9.66 Å². The minimum absolute atomic E-state index is 0.553. The summed E-state index contributed by atoms with van der Waals surface area (Å²) in [6, 6.07) is 7.10. The lowest BCUT2D eigenvalue weighted by molar-refractivity contribution is 0.337. The molecule has 4 nitrogen and oxygen atoms in total. The molecule has 0 amide bonds. The van der Waals surface area contributed by atoms with Gasteiger partial charge >= 0.3 is 0 Å². The Hall–Kier alpha value is -1.71. The predicted octanol–water partition coefficient (Wildman–Crippen LogP) is 2.83. The second-order valence-corrected chi connectivity index (χ2v) is 5.73. The number of rotatable bonds is 1. The van der Waals surface area contributed by atoms with E-state index in [1.807, 2.05) is 12.1 Å². The van der Waals surface area contributed by atoms with Gasteiger partial charge in [-0.3, -0.25) is 0 Å². The number of nitrogens with two attached hydrogens (primary N) is 1. The molecule has 2 N–H and O–H groups in total. The molecular formula is C15H22N4. The van der Waals surface area contributed by atoms with Crippen LogP contribution in [0.25, 0.3) is 11.0 Å². The van der Waals surface area contributed by atoms with Gasteiger partial charge in [-0.1, -0.05) is 0 Å². The van der Waals surface area contributed by atoms with Crippen molar-refractivity contribution >= 4 is 16.7 Å². The average molecular weight is 258 g/mol. The zero-order chi connectivity index (χ0) is 13.6. The second-order valence-electron chi connectivity index (χ2n) is 5.73. The zero-order valence-electron chi connectivity index (χ0n) is 11.9. The first-order valence-corrected chi connectivity index (χ1v) is 7.11. The summed E-state index contributed by atoms with van der Waals surface area (Å²) in [6.45, 7) is 6.68. The van der Waals surface area contributed by atoms with Crippen molar-refractivity contribution in [2.24, 2.45) is 0 Å². The number of nitrogen functional groups attached to an aromatic ring is 1. The van der Waals surface area contributed by atoms with E-state index in [1.165, 1.54) is 19.3 Å². The highest BCUT2D eigenvalue weighted by Gasteiger charge is 2.27. The van der Waals surface area contributed by atoms with Gasteiger partial charge in [0.05, 0.1) is 11.0 Å². The Morgan fingerprint density at radius 1 is 1.21 bits per heavy atom. The van der Waals surface area contributed by atoms with Gasteiger partial charge in [-0.15, -0.1) is 0 Å². The van der Waals surface area contributed by atoms with Gasteiger partial charge in [-0.2, -0.15) is 0 Å². The van der Waals surface area contributed by atoms with Gasteiger partial charge in [-0.25, -0.2) is 9.66 Å². The Morgan fingerprint density at radius 2 is 1.89 bits per heavy atom. The van der Waals surface area contributed by atoms with Crippen LogP contribution < -0.4 is 10.7 Å². The van der Waals surface area contributed by atoms with E-state index < -0.39 is 0 Å². The molecule has 2 unspecified atom stereocenters. The third kappa shape index (κ3) is 1.95. The van der Waals surface area contributed by atoms with Crippen molar-refractivity contribution in [3.63, 3.8) is 0 Å². The SMILES string of the molecule is Cc1nc2cc(N)ccc2n1N1C(C)CCCC1C. The fraction of sp³-hybridized carbons (Fsp3) is 0.533. The van der Waals surface area contributed by atoms with Crippen LogP contribution in [-0.2, 0) is 0 Å². The summed E-state index contributed by atoms with van der Waals surface area (Å²) in [5.74, 6) is 1.04. The van der Waals surface area contributed by atoms with Crippen LogP contribution in [0.15, 0.2) is 18.2 Å². The first-order chi connectivity index (χ1) is 9.08. The Kier molecular flexibility index (Phi) is 2.88. The number of benzene rings is 1. The molecule has 0 saturated carbocycles. The number of aromatic nitrogens is 2. The van der Waals surface area contributed by atoms with Crippen molar-refractivity contribution in [2.45, 2.75) is 52.1 Å². The summed E-state index contributed by atoms with van der Waals surface area (Å²) in [5, 5.41) is 2.48. The second kappa shape index (κ2) is 4.44. The van der Waals surface area contributed by atoms with E-state index in [1.54, 1.807) is 0 Å². The largest absolute Gasteiger partial charge is 0.399 e. The Bertz CT molecular complexity index is 591. The molecule has 2 atom stereocenters. The predicted molar refractivity (Wildman–Crippen MR) is 79.9 cm³/mol. The summed E-state index contributed by atoms with van der Waals surface area (Å²) >= 11 is 0. The first kappa shape index (κ1) is 12.3. The summed E-state index contributed by atoms with van der Waals surface area (Å²) in [7, 11) is 0. The molecule has 1 aromatic heterocycles. The molecule has 2 heterocycles. The van der Waals surface area contributed by atoms with Crippen LogP contribution in [0.2, 0.25) is 0 Å². The monoisotopic (exact) mass is 258 g/mol. The number of anilines is 1. The Morgan fingerprint density at radius 3 is 2.58 bits per heavy atom. The maximum absolute atomic E-state index is 5.85. The molecule has 0 spiro atoms. The summed E-state index contributed by atoms with van der Waals surface area (Å²) in [5.41, 5.74) is 8.78. The van der Waals surface area contributed by atoms with E-state index in [2.05, 4.69) is 41.5 Å². The van der Waals surface area contributed by atoms with Crippen LogP contribution in [0.3, 0.4) is 0 Å². The molecule has 1 aliphatic rings. The average Bonchev–Trinajstić information content (AvgIpc) is 2.65. The van der Waals surface area contributed by atoms with Crippen molar-refractivity contribution in [3.8, 4) is 0 Å². The normalized spacial score (nSPS) is 24.1. The van der Waals surface area contributed by atoms with Crippen LogP contribution in [-0.4, -0.2) is 21.7 Å². The fourth-order valence-electron chi connectivity index (χ4n) is 3.30. The van der Waals surface area contributed by atoms with Gasteiger partial charge in [0.1, 0.15) is 5.82 Å². The third-order valence-electron chi connectivity index (χ3n) is 4.19. The van der Waals surface area contributed by atoms with Gasteiger partial charge < -0.3 is 10.7 Å². The van der Waals surface area contributed by atoms with Crippen LogP contribution in [0.4, 0.5) is 5.69 Å². The molecule has 4 heteroatoms. The van der Waals surface area contributed by atoms with Crippen LogP contribution in [0, 0.1) is 6.92 Å². The van der Waals surface area contributed by atoms with Crippen molar-refractivity contribution in [2.75, 3.05) is 10.7 Å². The number of piperidine rings is 1. The highest BCUT2D eigenvalue weighted by Crippen LogP contribution is 2.26. The van der Waals surface area contributed by atoms with E-state index >= 15 is 0 Å². The first-order valence-electron chi connectivity index (χ1n) is 7.11. The maximum Gasteiger partial charge on any atom is 0.125 e. The minimum Gasteiger partial charge on any atom is -0.399 e. The quantitative estimate of drug-likeness (QED) is 0.800. The minimum atomic E-state index is 0.553. The van der Waals surface area contributed by atoms with Crippen LogP contribution in [0.1, 0.15) is 38.9 Å². The fourth-order valence-corrected chi connectivity index (χ4v) is 3.30. The molecule has 1 aromatic carbocycles. The molecule has 1 aliphatic heterocycles.